The molecule has 1 saturated heterocycles. The second kappa shape index (κ2) is 10.4. The number of methoxy groups -OCH3 is 1. The highest BCUT2D eigenvalue weighted by atomic mass is 32.1. The third-order valence-electron chi connectivity index (χ3n) is 4.95. The molecule has 1 fully saturated rings. The molecule has 0 amide bonds. The number of guanidine groups is 1. The van der Waals surface area contributed by atoms with E-state index in [0.29, 0.717) is 12.6 Å². The van der Waals surface area contributed by atoms with Crippen molar-refractivity contribution in [2.45, 2.75) is 39.3 Å². The summed E-state index contributed by atoms with van der Waals surface area (Å²) < 4.78 is 5.32. The molecule has 28 heavy (non-hydrogen) atoms. The normalized spacial score (nSPS) is 16.2. The van der Waals surface area contributed by atoms with E-state index in [1.807, 2.05) is 25.3 Å². The Morgan fingerprint density at radius 1 is 1.25 bits per heavy atom. The largest absolute Gasteiger partial charge is 0.497 e. The molecular weight excluding hydrogens is 370 g/mol. The number of nitrogens with one attached hydrogen (secondary N) is 2. The third-order valence-corrected chi connectivity index (χ3v) is 5.85. The van der Waals surface area contributed by atoms with E-state index in [-0.39, 0.29) is 0 Å². The van der Waals surface area contributed by atoms with Crippen LogP contribution in [0.2, 0.25) is 0 Å². The van der Waals surface area contributed by atoms with Crippen LogP contribution >= 0.6 is 11.3 Å². The van der Waals surface area contributed by atoms with Crippen LogP contribution in [-0.2, 0) is 6.54 Å². The highest BCUT2D eigenvalue weighted by Gasteiger charge is 2.23. The van der Waals surface area contributed by atoms with Gasteiger partial charge in [-0.1, -0.05) is 12.1 Å². The fraction of sp³-hybridized carbons (Fsp3) is 0.524. The van der Waals surface area contributed by atoms with E-state index in [0.717, 1.165) is 42.9 Å². The number of likely N-dealkylation sites (tertiary alicyclic amines) is 1. The molecule has 2 N–H and O–H groups in total. The molecule has 0 spiro atoms. The monoisotopic (exact) mass is 401 g/mol. The van der Waals surface area contributed by atoms with Gasteiger partial charge in [0.1, 0.15) is 5.75 Å². The van der Waals surface area contributed by atoms with Gasteiger partial charge in [0.15, 0.2) is 5.96 Å². The summed E-state index contributed by atoms with van der Waals surface area (Å²) in [7, 11) is 1.71. The van der Waals surface area contributed by atoms with Crippen LogP contribution in [0.25, 0.3) is 0 Å². The highest BCUT2D eigenvalue weighted by molar-refractivity contribution is 7.11. The number of aryl methyl sites for hydroxylation is 1. The second-order valence-corrected chi connectivity index (χ2v) is 8.27. The quantitative estimate of drug-likeness (QED) is 0.525. The van der Waals surface area contributed by atoms with Crippen LogP contribution in [0.15, 0.2) is 35.5 Å². The Morgan fingerprint density at radius 3 is 2.61 bits per heavy atom. The lowest BCUT2D eigenvalue weighted by molar-refractivity contribution is 0.245. The number of aliphatic imine (C=N–C) groups is 1. The first-order chi connectivity index (χ1) is 13.7. The van der Waals surface area contributed by atoms with Gasteiger partial charge in [0.2, 0.25) is 0 Å². The lowest BCUT2D eigenvalue weighted by Crippen LogP contribution is -2.42. The first-order valence-electron chi connectivity index (χ1n) is 10.0. The van der Waals surface area contributed by atoms with Gasteiger partial charge in [-0.15, -0.1) is 11.3 Å². The molecule has 1 aliphatic rings. The molecule has 1 unspecified atom stereocenters. The molecule has 152 valence electrons. The van der Waals surface area contributed by atoms with Gasteiger partial charge >= 0.3 is 0 Å². The zero-order valence-electron chi connectivity index (χ0n) is 17.1. The molecule has 0 bridgehead atoms. The maximum absolute atomic E-state index is 5.32. The average molecular weight is 402 g/mol. The van der Waals surface area contributed by atoms with Crippen LogP contribution in [0.5, 0.6) is 5.75 Å². The standard InChI is InChI=1S/C21H31N5OS/c1-4-22-21(24-14-19-13-23-16(2)28-19)25-15-20(26-11-5-6-12-26)17-7-9-18(27-3)10-8-17/h7-10,13,20H,4-6,11-12,14-15H2,1-3H3,(H2,22,24,25). The van der Waals surface area contributed by atoms with Crippen molar-refractivity contribution in [1.82, 2.24) is 20.5 Å². The first-order valence-corrected chi connectivity index (χ1v) is 10.8. The summed E-state index contributed by atoms with van der Waals surface area (Å²) in [5.74, 6) is 1.75. The van der Waals surface area contributed by atoms with Crippen molar-refractivity contribution in [3.8, 4) is 5.75 Å². The maximum atomic E-state index is 5.32. The molecule has 0 radical (unpaired) electrons. The summed E-state index contributed by atoms with van der Waals surface area (Å²) in [5.41, 5.74) is 1.31. The Hall–Kier alpha value is -2.12. The van der Waals surface area contributed by atoms with E-state index in [1.165, 1.54) is 23.3 Å². The van der Waals surface area contributed by atoms with Crippen molar-refractivity contribution >= 4 is 17.3 Å². The number of thiazole rings is 1. The summed E-state index contributed by atoms with van der Waals surface area (Å²) in [4.78, 5) is 12.8. The number of nitrogens with zero attached hydrogens (tertiary/aromatic N) is 3. The molecule has 0 aliphatic carbocycles. The van der Waals surface area contributed by atoms with Crippen molar-refractivity contribution in [2.75, 3.05) is 33.3 Å². The second-order valence-electron chi connectivity index (χ2n) is 6.95. The topological polar surface area (TPSA) is 61.8 Å². The molecule has 1 aromatic heterocycles. The molecule has 0 saturated carbocycles. The van der Waals surface area contributed by atoms with Crippen LogP contribution in [0.1, 0.15) is 41.3 Å². The fourth-order valence-electron chi connectivity index (χ4n) is 3.51. The maximum Gasteiger partial charge on any atom is 0.191 e. The molecule has 1 atom stereocenters. The van der Waals surface area contributed by atoms with Gasteiger partial charge in [0.25, 0.3) is 0 Å². The van der Waals surface area contributed by atoms with E-state index in [1.54, 1.807) is 18.4 Å². The van der Waals surface area contributed by atoms with Gasteiger partial charge in [-0.25, -0.2) is 9.98 Å². The summed E-state index contributed by atoms with van der Waals surface area (Å²) in [6.07, 6.45) is 4.45. The number of hydrogen-bond acceptors (Lipinski definition) is 5. The highest BCUT2D eigenvalue weighted by Crippen LogP contribution is 2.26. The predicted octanol–water partition coefficient (Wildman–Crippen LogP) is 3.35. The van der Waals surface area contributed by atoms with E-state index in [2.05, 4.69) is 39.6 Å². The van der Waals surface area contributed by atoms with Crippen LogP contribution in [-0.4, -0.2) is 49.1 Å². The average Bonchev–Trinajstić information content (AvgIpc) is 3.38. The smallest absolute Gasteiger partial charge is 0.191 e. The van der Waals surface area contributed by atoms with E-state index >= 15 is 0 Å². The van der Waals surface area contributed by atoms with Crippen LogP contribution in [0, 0.1) is 6.92 Å². The van der Waals surface area contributed by atoms with E-state index in [4.69, 9.17) is 9.73 Å². The molecular formula is C21H31N5OS. The SMILES string of the molecule is CCNC(=NCc1cnc(C)s1)NCC(c1ccc(OC)cc1)N1CCCC1. The third kappa shape index (κ3) is 5.69. The fourth-order valence-corrected chi connectivity index (χ4v) is 4.23. The molecule has 2 aromatic rings. The summed E-state index contributed by atoms with van der Waals surface area (Å²) in [6.45, 7) is 8.72. The summed E-state index contributed by atoms with van der Waals surface area (Å²) >= 11 is 1.70. The Kier molecular flexibility index (Phi) is 7.68. The number of rotatable bonds is 8. The zero-order valence-corrected chi connectivity index (χ0v) is 17.9. The van der Waals surface area contributed by atoms with Gasteiger partial charge in [-0.05, 0) is 57.5 Å². The number of benzene rings is 1. The minimum atomic E-state index is 0.322. The summed E-state index contributed by atoms with van der Waals surface area (Å²) in [5, 5.41) is 7.99. The summed E-state index contributed by atoms with van der Waals surface area (Å²) in [6, 6.07) is 8.76. The molecule has 2 heterocycles. The lowest BCUT2D eigenvalue weighted by atomic mass is 10.1. The van der Waals surface area contributed by atoms with Crippen molar-refractivity contribution in [2.24, 2.45) is 4.99 Å². The Bertz CT molecular complexity index is 752. The van der Waals surface area contributed by atoms with Gasteiger partial charge in [0.05, 0.1) is 24.7 Å². The van der Waals surface area contributed by atoms with Crippen molar-refractivity contribution in [3.05, 3.63) is 45.9 Å². The predicted molar refractivity (Wildman–Crippen MR) is 116 cm³/mol. The zero-order chi connectivity index (χ0) is 19.8. The van der Waals surface area contributed by atoms with Gasteiger partial charge in [-0.2, -0.15) is 0 Å². The Morgan fingerprint density at radius 2 is 2.00 bits per heavy atom. The molecule has 1 aromatic carbocycles. The van der Waals surface area contributed by atoms with Gasteiger partial charge < -0.3 is 15.4 Å². The first kappa shape index (κ1) is 20.6. The van der Waals surface area contributed by atoms with Crippen LogP contribution < -0.4 is 15.4 Å². The Labute approximate surface area is 172 Å². The van der Waals surface area contributed by atoms with Crippen LogP contribution in [0.3, 0.4) is 0 Å². The number of ether oxygens (including phenoxy) is 1. The van der Waals surface area contributed by atoms with Gasteiger partial charge in [-0.3, -0.25) is 4.90 Å². The number of aromatic nitrogens is 1. The lowest BCUT2D eigenvalue weighted by Gasteiger charge is -2.29. The van der Waals surface area contributed by atoms with E-state index < -0.39 is 0 Å². The molecule has 6 nitrogen and oxygen atoms in total. The van der Waals surface area contributed by atoms with Gasteiger partial charge in [0, 0.05) is 24.2 Å². The van der Waals surface area contributed by atoms with Crippen LogP contribution in [0.4, 0.5) is 0 Å². The Balaban J connectivity index is 1.68. The minimum Gasteiger partial charge on any atom is -0.497 e. The van der Waals surface area contributed by atoms with E-state index in [9.17, 15) is 0 Å². The molecule has 3 rings (SSSR count). The van der Waals surface area contributed by atoms with Crippen molar-refractivity contribution < 1.29 is 4.74 Å². The number of hydrogen-bond donors (Lipinski definition) is 2. The molecule has 7 heteroatoms. The minimum absolute atomic E-state index is 0.322. The van der Waals surface area contributed by atoms with Crippen molar-refractivity contribution in [3.63, 3.8) is 0 Å². The van der Waals surface area contributed by atoms with Crippen molar-refractivity contribution in [1.29, 1.82) is 0 Å². The molecule has 1 aliphatic heterocycles.